The van der Waals surface area contributed by atoms with Gasteiger partial charge >= 0.3 is 0 Å². The fourth-order valence-electron chi connectivity index (χ4n) is 2.46. The number of aromatic nitrogens is 1. The third kappa shape index (κ3) is 4.36. The Hall–Kier alpha value is -2.41. The van der Waals surface area contributed by atoms with Crippen LogP contribution in [0.2, 0.25) is 0 Å². The molecule has 1 aromatic carbocycles. The summed E-state index contributed by atoms with van der Waals surface area (Å²) < 4.78 is 16.2. The molecule has 1 amide bonds. The summed E-state index contributed by atoms with van der Waals surface area (Å²) in [6.45, 7) is 0. The molecule has 1 fully saturated rings. The van der Waals surface area contributed by atoms with E-state index in [0.717, 1.165) is 17.9 Å². The normalized spacial score (nSPS) is 16.3. The number of benzene rings is 1. The Morgan fingerprint density at radius 2 is 2.12 bits per heavy atom. The highest BCUT2D eigenvalue weighted by Crippen LogP contribution is 2.29. The van der Waals surface area contributed by atoms with Crippen molar-refractivity contribution < 1.29 is 19.0 Å². The number of nitrogens with one attached hydrogen (secondary N) is 1. The molecule has 1 aliphatic rings. The molecule has 1 aromatic heterocycles. The molecule has 0 aliphatic carbocycles. The smallest absolute Gasteiger partial charge is 0.257 e. The Labute approximate surface area is 150 Å². The second-order valence-corrected chi connectivity index (χ2v) is 6.66. The second kappa shape index (κ2) is 8.11. The molecule has 1 unspecified atom stereocenters. The number of nitrogens with zero attached hydrogens (tertiary/aromatic N) is 1. The van der Waals surface area contributed by atoms with Crippen LogP contribution in [-0.2, 0) is 0 Å². The number of thioether (sulfide) groups is 1. The van der Waals surface area contributed by atoms with Crippen molar-refractivity contribution in [2.45, 2.75) is 12.5 Å². The van der Waals surface area contributed by atoms with Gasteiger partial charge < -0.3 is 19.5 Å². The van der Waals surface area contributed by atoms with Gasteiger partial charge in [0, 0.05) is 24.1 Å². The van der Waals surface area contributed by atoms with Gasteiger partial charge in [-0.05, 0) is 30.4 Å². The second-order valence-electron chi connectivity index (χ2n) is 5.51. The number of rotatable bonds is 6. The topological polar surface area (TPSA) is 69.7 Å². The van der Waals surface area contributed by atoms with Crippen molar-refractivity contribution in [1.82, 2.24) is 4.98 Å². The maximum Gasteiger partial charge on any atom is 0.257 e. The van der Waals surface area contributed by atoms with Gasteiger partial charge in [0.1, 0.15) is 17.6 Å². The van der Waals surface area contributed by atoms with Crippen molar-refractivity contribution in [2.75, 3.05) is 31.0 Å². The van der Waals surface area contributed by atoms with Crippen molar-refractivity contribution in [3.05, 3.63) is 42.1 Å². The Balaban J connectivity index is 1.66. The van der Waals surface area contributed by atoms with Gasteiger partial charge in [0.2, 0.25) is 5.88 Å². The van der Waals surface area contributed by atoms with E-state index >= 15 is 0 Å². The van der Waals surface area contributed by atoms with E-state index in [4.69, 9.17) is 14.2 Å². The predicted molar refractivity (Wildman–Crippen MR) is 98.1 cm³/mol. The minimum absolute atomic E-state index is 0.209. The number of methoxy groups -OCH3 is 2. The summed E-state index contributed by atoms with van der Waals surface area (Å²) in [6.07, 6.45) is 2.76. The molecular weight excluding hydrogens is 340 g/mol. The van der Waals surface area contributed by atoms with Crippen LogP contribution in [0.25, 0.3) is 0 Å². The number of carbonyl (C=O) groups is 1. The number of hydrogen-bond donors (Lipinski definition) is 1. The van der Waals surface area contributed by atoms with Crippen molar-refractivity contribution in [3.8, 4) is 17.4 Å². The highest BCUT2D eigenvalue weighted by molar-refractivity contribution is 7.99. The molecule has 7 heteroatoms. The maximum atomic E-state index is 12.4. The van der Waals surface area contributed by atoms with E-state index in [2.05, 4.69) is 10.3 Å². The molecule has 0 bridgehead atoms. The van der Waals surface area contributed by atoms with Gasteiger partial charge in [0.05, 0.1) is 25.5 Å². The molecule has 0 spiro atoms. The lowest BCUT2D eigenvalue weighted by Crippen LogP contribution is -2.16. The highest BCUT2D eigenvalue weighted by atomic mass is 32.2. The molecular formula is C18H20N2O4S. The van der Waals surface area contributed by atoms with E-state index in [0.29, 0.717) is 28.6 Å². The highest BCUT2D eigenvalue weighted by Gasteiger charge is 2.18. The lowest BCUT2D eigenvalue weighted by molar-refractivity contribution is 0.102. The van der Waals surface area contributed by atoms with Crippen LogP contribution in [0.5, 0.6) is 17.4 Å². The SMILES string of the molecule is COc1ccc(NC(=O)c2ccc(OC3CCSC3)nc2)c(OC)c1. The zero-order valence-electron chi connectivity index (χ0n) is 14.2. The number of ether oxygens (including phenoxy) is 3. The molecule has 1 aliphatic heterocycles. The fourth-order valence-corrected chi connectivity index (χ4v) is 3.55. The molecule has 2 heterocycles. The maximum absolute atomic E-state index is 12.4. The minimum atomic E-state index is -0.265. The predicted octanol–water partition coefficient (Wildman–Crippen LogP) is 3.24. The lowest BCUT2D eigenvalue weighted by atomic mass is 10.2. The van der Waals surface area contributed by atoms with E-state index in [1.54, 1.807) is 44.6 Å². The van der Waals surface area contributed by atoms with Crippen LogP contribution in [0.15, 0.2) is 36.5 Å². The van der Waals surface area contributed by atoms with Crippen molar-refractivity contribution in [3.63, 3.8) is 0 Å². The van der Waals surface area contributed by atoms with Gasteiger partial charge in [-0.2, -0.15) is 11.8 Å². The van der Waals surface area contributed by atoms with Crippen LogP contribution in [0.4, 0.5) is 5.69 Å². The molecule has 3 rings (SSSR count). The molecule has 6 nitrogen and oxygen atoms in total. The Morgan fingerprint density at radius 1 is 1.24 bits per heavy atom. The van der Waals surface area contributed by atoms with Gasteiger partial charge in [0.15, 0.2) is 0 Å². The summed E-state index contributed by atoms with van der Waals surface area (Å²) in [4.78, 5) is 16.6. The molecule has 132 valence electrons. The van der Waals surface area contributed by atoms with Crippen LogP contribution < -0.4 is 19.5 Å². The fraction of sp³-hybridized carbons (Fsp3) is 0.333. The summed E-state index contributed by atoms with van der Waals surface area (Å²) >= 11 is 1.88. The monoisotopic (exact) mass is 360 g/mol. The first-order chi connectivity index (χ1) is 12.2. The molecule has 25 heavy (non-hydrogen) atoms. The Morgan fingerprint density at radius 3 is 2.76 bits per heavy atom. The molecule has 1 atom stereocenters. The summed E-state index contributed by atoms with van der Waals surface area (Å²) in [7, 11) is 3.12. The summed E-state index contributed by atoms with van der Waals surface area (Å²) in [5, 5.41) is 2.82. The van der Waals surface area contributed by atoms with Crippen LogP contribution >= 0.6 is 11.8 Å². The van der Waals surface area contributed by atoms with Crippen molar-refractivity contribution >= 4 is 23.4 Å². The number of anilines is 1. The number of pyridine rings is 1. The zero-order valence-corrected chi connectivity index (χ0v) is 15.0. The summed E-state index contributed by atoms with van der Waals surface area (Å²) in [5.41, 5.74) is 1.02. The summed E-state index contributed by atoms with van der Waals surface area (Å²) in [6, 6.07) is 8.63. The van der Waals surface area contributed by atoms with Crippen LogP contribution in [0, 0.1) is 0 Å². The minimum Gasteiger partial charge on any atom is -0.497 e. The molecule has 0 radical (unpaired) electrons. The van der Waals surface area contributed by atoms with E-state index in [1.807, 2.05) is 11.8 Å². The average Bonchev–Trinajstić information content (AvgIpc) is 3.15. The van der Waals surface area contributed by atoms with E-state index in [-0.39, 0.29) is 12.0 Å². The Kier molecular flexibility index (Phi) is 5.65. The first-order valence-electron chi connectivity index (χ1n) is 7.93. The van der Waals surface area contributed by atoms with Gasteiger partial charge in [-0.15, -0.1) is 0 Å². The standard InChI is InChI=1S/C18H20N2O4S/c1-22-13-4-5-15(16(9-13)23-2)20-18(21)12-3-6-17(19-10-12)24-14-7-8-25-11-14/h3-6,9-10,14H,7-8,11H2,1-2H3,(H,20,21). The van der Waals surface area contributed by atoms with Gasteiger partial charge in [-0.25, -0.2) is 4.98 Å². The van der Waals surface area contributed by atoms with Gasteiger partial charge in [0.25, 0.3) is 5.91 Å². The van der Waals surface area contributed by atoms with Gasteiger partial charge in [-0.3, -0.25) is 4.79 Å². The van der Waals surface area contributed by atoms with E-state index in [9.17, 15) is 4.79 Å². The van der Waals surface area contributed by atoms with Crippen molar-refractivity contribution in [2.24, 2.45) is 0 Å². The number of carbonyl (C=O) groups excluding carboxylic acids is 1. The van der Waals surface area contributed by atoms with Crippen LogP contribution in [-0.4, -0.2) is 42.7 Å². The third-order valence-electron chi connectivity index (χ3n) is 3.83. The summed E-state index contributed by atoms with van der Waals surface area (Å²) in [5.74, 6) is 3.57. The molecule has 1 N–H and O–H groups in total. The average molecular weight is 360 g/mol. The molecule has 0 saturated carbocycles. The van der Waals surface area contributed by atoms with Gasteiger partial charge in [-0.1, -0.05) is 0 Å². The number of amides is 1. The third-order valence-corrected chi connectivity index (χ3v) is 4.96. The van der Waals surface area contributed by atoms with E-state index < -0.39 is 0 Å². The molecule has 2 aromatic rings. The molecule has 1 saturated heterocycles. The van der Waals surface area contributed by atoms with Crippen LogP contribution in [0.1, 0.15) is 16.8 Å². The number of hydrogen-bond acceptors (Lipinski definition) is 6. The first kappa shape index (κ1) is 17.4. The lowest BCUT2D eigenvalue weighted by Gasteiger charge is -2.13. The van der Waals surface area contributed by atoms with E-state index in [1.165, 1.54) is 6.20 Å². The zero-order chi connectivity index (χ0) is 17.6. The first-order valence-corrected chi connectivity index (χ1v) is 9.09. The quantitative estimate of drug-likeness (QED) is 0.853. The largest absolute Gasteiger partial charge is 0.497 e. The van der Waals surface area contributed by atoms with Crippen molar-refractivity contribution in [1.29, 1.82) is 0 Å². The van der Waals surface area contributed by atoms with Crippen LogP contribution in [0.3, 0.4) is 0 Å². The Bertz CT molecular complexity index is 730.